The third-order valence-corrected chi connectivity index (χ3v) is 2.37. The first-order chi connectivity index (χ1) is 7.85. The molecule has 0 radical (unpaired) electrons. The number of aliphatic hydroxyl groups is 1. The van der Waals surface area contributed by atoms with Gasteiger partial charge in [-0.15, -0.1) is 0 Å². The van der Waals surface area contributed by atoms with Gasteiger partial charge in [-0.3, -0.25) is 4.79 Å². The number of aldehydes is 1. The van der Waals surface area contributed by atoms with Crippen molar-refractivity contribution in [2.24, 2.45) is 0 Å². The Morgan fingerprint density at radius 2 is 2.06 bits per heavy atom. The van der Waals surface area contributed by atoms with Gasteiger partial charge >= 0.3 is 0 Å². The van der Waals surface area contributed by atoms with Crippen molar-refractivity contribution in [3.05, 3.63) is 29.6 Å². The number of likely N-dealkylation sites (N-methyl/N-ethyl adjacent to an activating group) is 1. The van der Waals surface area contributed by atoms with E-state index >= 15 is 0 Å². The van der Waals surface area contributed by atoms with Crippen LogP contribution < -0.4 is 4.90 Å². The smallest absolute Gasteiger partial charge is 0.150 e. The molecule has 3 nitrogen and oxygen atoms in total. The summed E-state index contributed by atoms with van der Waals surface area (Å²) < 4.78 is 13.3. The van der Waals surface area contributed by atoms with E-state index in [9.17, 15) is 14.3 Å². The van der Waals surface area contributed by atoms with Crippen LogP contribution in [0.25, 0.3) is 0 Å². The Hall–Kier alpha value is -1.42. The Balaban J connectivity index is 3.03. The molecule has 0 aromatic heterocycles. The van der Waals surface area contributed by atoms with E-state index in [1.807, 2.05) is 11.8 Å². The summed E-state index contributed by atoms with van der Waals surface area (Å²) >= 11 is 0. The van der Waals surface area contributed by atoms with Gasteiger partial charge in [0.05, 0.1) is 5.60 Å². The largest absolute Gasteiger partial charge is 0.389 e. The molecule has 0 saturated carbocycles. The number of rotatable bonds is 5. The molecule has 1 rings (SSSR count). The standard InChI is InChI=1S/C13H18FNO2/c1-4-15(9-13(2,3)17)12-6-10(8-16)5-11(14)7-12/h5-8,17H,4,9H2,1-3H3. The summed E-state index contributed by atoms with van der Waals surface area (Å²) in [6, 6.07) is 4.17. The quantitative estimate of drug-likeness (QED) is 0.801. The van der Waals surface area contributed by atoms with Gasteiger partial charge in [-0.1, -0.05) is 0 Å². The Kier molecular flexibility index (Phi) is 4.23. The molecule has 4 heteroatoms. The first-order valence-electron chi connectivity index (χ1n) is 5.59. The van der Waals surface area contributed by atoms with Crippen molar-refractivity contribution in [1.29, 1.82) is 0 Å². The Morgan fingerprint density at radius 1 is 1.41 bits per heavy atom. The van der Waals surface area contributed by atoms with Crippen molar-refractivity contribution in [3.63, 3.8) is 0 Å². The van der Waals surface area contributed by atoms with Crippen molar-refractivity contribution in [1.82, 2.24) is 0 Å². The van der Waals surface area contributed by atoms with Gasteiger partial charge in [0.1, 0.15) is 12.1 Å². The number of benzene rings is 1. The number of hydrogen-bond acceptors (Lipinski definition) is 3. The summed E-state index contributed by atoms with van der Waals surface area (Å²) in [5, 5.41) is 9.77. The molecule has 0 heterocycles. The molecule has 17 heavy (non-hydrogen) atoms. The number of anilines is 1. The van der Waals surface area contributed by atoms with Crippen LogP contribution in [0.15, 0.2) is 18.2 Å². The van der Waals surface area contributed by atoms with E-state index in [2.05, 4.69) is 0 Å². The highest BCUT2D eigenvalue weighted by Gasteiger charge is 2.18. The lowest BCUT2D eigenvalue weighted by Gasteiger charge is -2.30. The van der Waals surface area contributed by atoms with Crippen LogP contribution >= 0.6 is 0 Å². The molecule has 1 aromatic rings. The molecule has 0 amide bonds. The predicted molar refractivity (Wildman–Crippen MR) is 66.0 cm³/mol. The Morgan fingerprint density at radius 3 is 2.53 bits per heavy atom. The SMILES string of the molecule is CCN(CC(C)(C)O)c1cc(F)cc(C=O)c1. The van der Waals surface area contributed by atoms with Crippen LogP contribution in [0.3, 0.4) is 0 Å². The van der Waals surface area contributed by atoms with Gasteiger partial charge in [0, 0.05) is 24.3 Å². The zero-order chi connectivity index (χ0) is 13.1. The van der Waals surface area contributed by atoms with Crippen molar-refractivity contribution in [3.8, 4) is 0 Å². The minimum absolute atomic E-state index is 0.300. The second-order valence-corrected chi connectivity index (χ2v) is 4.69. The fourth-order valence-corrected chi connectivity index (χ4v) is 1.70. The van der Waals surface area contributed by atoms with E-state index in [1.54, 1.807) is 19.9 Å². The van der Waals surface area contributed by atoms with Crippen LogP contribution in [0.4, 0.5) is 10.1 Å². The summed E-state index contributed by atoms with van der Waals surface area (Å²) in [5.41, 5.74) is 0.0369. The Bertz CT molecular complexity index is 399. The summed E-state index contributed by atoms with van der Waals surface area (Å²) in [6.07, 6.45) is 0.616. The zero-order valence-electron chi connectivity index (χ0n) is 10.4. The monoisotopic (exact) mass is 239 g/mol. The van der Waals surface area contributed by atoms with Crippen molar-refractivity contribution >= 4 is 12.0 Å². The minimum atomic E-state index is -0.871. The average Bonchev–Trinajstić information content (AvgIpc) is 2.23. The molecule has 0 saturated heterocycles. The van der Waals surface area contributed by atoms with E-state index < -0.39 is 11.4 Å². The molecule has 0 spiro atoms. The maximum Gasteiger partial charge on any atom is 0.150 e. The van der Waals surface area contributed by atoms with E-state index in [0.717, 1.165) is 0 Å². The Labute approximate surface area is 101 Å². The average molecular weight is 239 g/mol. The van der Waals surface area contributed by atoms with Crippen molar-refractivity contribution in [2.75, 3.05) is 18.0 Å². The van der Waals surface area contributed by atoms with E-state index in [-0.39, 0.29) is 0 Å². The van der Waals surface area contributed by atoms with Crippen LogP contribution in [-0.4, -0.2) is 30.1 Å². The normalized spacial score (nSPS) is 11.4. The van der Waals surface area contributed by atoms with Gasteiger partial charge < -0.3 is 10.0 Å². The molecule has 0 bridgehead atoms. The maximum atomic E-state index is 13.3. The maximum absolute atomic E-state index is 13.3. The fraction of sp³-hybridized carbons (Fsp3) is 0.462. The molecular weight excluding hydrogens is 221 g/mol. The number of nitrogens with zero attached hydrogens (tertiary/aromatic N) is 1. The molecule has 94 valence electrons. The number of halogens is 1. The second kappa shape index (κ2) is 5.27. The first kappa shape index (κ1) is 13.6. The number of hydrogen-bond donors (Lipinski definition) is 1. The highest BCUT2D eigenvalue weighted by Crippen LogP contribution is 2.20. The molecule has 0 aliphatic carbocycles. The zero-order valence-corrected chi connectivity index (χ0v) is 10.4. The first-order valence-corrected chi connectivity index (χ1v) is 5.59. The van der Waals surface area contributed by atoms with Crippen LogP contribution in [0.1, 0.15) is 31.1 Å². The highest BCUT2D eigenvalue weighted by atomic mass is 19.1. The lowest BCUT2D eigenvalue weighted by Crippen LogP contribution is -2.38. The summed E-state index contributed by atoms with van der Waals surface area (Å²) in [7, 11) is 0. The molecule has 1 N–H and O–H groups in total. The molecular formula is C13H18FNO2. The van der Waals surface area contributed by atoms with E-state index in [4.69, 9.17) is 0 Å². The predicted octanol–water partition coefficient (Wildman–Crippen LogP) is 2.24. The number of carbonyl (C=O) groups is 1. The molecule has 0 aliphatic rings. The van der Waals surface area contributed by atoms with E-state index in [1.165, 1.54) is 12.1 Å². The van der Waals surface area contributed by atoms with Crippen molar-refractivity contribution in [2.45, 2.75) is 26.4 Å². The van der Waals surface area contributed by atoms with Gasteiger partial charge in [0.15, 0.2) is 0 Å². The molecule has 0 atom stereocenters. The van der Waals surface area contributed by atoms with Crippen LogP contribution in [0, 0.1) is 5.82 Å². The highest BCUT2D eigenvalue weighted by molar-refractivity contribution is 5.77. The lowest BCUT2D eigenvalue weighted by atomic mass is 10.1. The fourth-order valence-electron chi connectivity index (χ4n) is 1.70. The summed E-state index contributed by atoms with van der Waals surface area (Å²) in [6.45, 7) is 6.30. The third-order valence-electron chi connectivity index (χ3n) is 2.37. The van der Waals surface area contributed by atoms with E-state index in [0.29, 0.717) is 30.6 Å². The summed E-state index contributed by atoms with van der Waals surface area (Å²) in [5.74, 6) is -0.446. The molecule has 0 unspecified atom stereocenters. The summed E-state index contributed by atoms with van der Waals surface area (Å²) in [4.78, 5) is 12.5. The topological polar surface area (TPSA) is 40.5 Å². The number of carbonyl (C=O) groups excluding carboxylic acids is 1. The lowest BCUT2D eigenvalue weighted by molar-refractivity contribution is 0.0875. The van der Waals surface area contributed by atoms with Crippen LogP contribution in [0.5, 0.6) is 0 Å². The van der Waals surface area contributed by atoms with Crippen molar-refractivity contribution < 1.29 is 14.3 Å². The molecule has 1 aromatic carbocycles. The van der Waals surface area contributed by atoms with Crippen LogP contribution in [0.2, 0.25) is 0 Å². The van der Waals surface area contributed by atoms with Gasteiger partial charge in [-0.2, -0.15) is 0 Å². The third kappa shape index (κ3) is 4.15. The van der Waals surface area contributed by atoms with Gasteiger partial charge in [0.25, 0.3) is 0 Å². The molecule has 0 fully saturated rings. The van der Waals surface area contributed by atoms with Gasteiger partial charge in [-0.25, -0.2) is 4.39 Å². The van der Waals surface area contributed by atoms with Gasteiger partial charge in [-0.05, 0) is 39.0 Å². The minimum Gasteiger partial charge on any atom is -0.389 e. The molecule has 0 aliphatic heterocycles. The second-order valence-electron chi connectivity index (χ2n) is 4.69. The van der Waals surface area contributed by atoms with Gasteiger partial charge in [0.2, 0.25) is 0 Å². The van der Waals surface area contributed by atoms with Crippen LogP contribution in [-0.2, 0) is 0 Å².